The van der Waals surface area contributed by atoms with Crippen LogP contribution >= 0.6 is 0 Å². The van der Waals surface area contributed by atoms with Crippen LogP contribution in [0.15, 0.2) is 36.4 Å². The first kappa shape index (κ1) is 14.5. The van der Waals surface area contributed by atoms with Crippen LogP contribution < -0.4 is 10.5 Å². The first-order chi connectivity index (χ1) is 9.45. The standard InChI is InChI=1S/C16H17F2NO/c1-10-3-4-12(5-11(10)2)16(19)9-20-15-7-13(17)6-14(18)8-15/h3-8,16H,9,19H2,1-2H3. The highest BCUT2D eigenvalue weighted by Crippen LogP contribution is 2.19. The Morgan fingerprint density at radius 2 is 1.65 bits per heavy atom. The Morgan fingerprint density at radius 3 is 2.25 bits per heavy atom. The van der Waals surface area contributed by atoms with E-state index in [2.05, 4.69) is 0 Å². The zero-order valence-electron chi connectivity index (χ0n) is 11.5. The van der Waals surface area contributed by atoms with Gasteiger partial charge in [0.15, 0.2) is 0 Å². The average Bonchev–Trinajstić information content (AvgIpc) is 2.38. The zero-order valence-corrected chi connectivity index (χ0v) is 11.5. The Labute approximate surface area is 117 Å². The number of rotatable bonds is 4. The molecule has 2 aromatic carbocycles. The summed E-state index contributed by atoms with van der Waals surface area (Å²) < 4.78 is 31.4. The molecule has 0 aliphatic carbocycles. The van der Waals surface area contributed by atoms with Crippen molar-refractivity contribution < 1.29 is 13.5 Å². The summed E-state index contributed by atoms with van der Waals surface area (Å²) in [6, 6.07) is 8.65. The minimum Gasteiger partial charge on any atom is -0.491 e. The molecule has 0 saturated carbocycles. The molecule has 0 heterocycles. The molecule has 0 radical (unpaired) electrons. The molecule has 0 saturated heterocycles. The number of aryl methyl sites for hydroxylation is 2. The molecule has 0 aliphatic rings. The van der Waals surface area contributed by atoms with E-state index in [0.29, 0.717) is 0 Å². The topological polar surface area (TPSA) is 35.2 Å². The van der Waals surface area contributed by atoms with Crippen molar-refractivity contribution in [2.45, 2.75) is 19.9 Å². The Kier molecular flexibility index (Phi) is 4.35. The fourth-order valence-electron chi connectivity index (χ4n) is 1.89. The van der Waals surface area contributed by atoms with Crippen molar-refractivity contribution in [3.05, 3.63) is 64.7 Å². The molecule has 4 heteroatoms. The van der Waals surface area contributed by atoms with Crippen LogP contribution in [0.25, 0.3) is 0 Å². The van der Waals surface area contributed by atoms with E-state index in [1.165, 1.54) is 5.56 Å². The Bertz CT molecular complexity index is 593. The van der Waals surface area contributed by atoms with Crippen LogP contribution in [-0.4, -0.2) is 6.61 Å². The number of hydrogen-bond donors (Lipinski definition) is 1. The van der Waals surface area contributed by atoms with Gasteiger partial charge in [0.25, 0.3) is 0 Å². The van der Waals surface area contributed by atoms with Crippen molar-refractivity contribution in [1.82, 2.24) is 0 Å². The molecule has 0 fully saturated rings. The lowest BCUT2D eigenvalue weighted by Gasteiger charge is -2.15. The maximum atomic E-state index is 13.0. The van der Waals surface area contributed by atoms with Crippen LogP contribution in [0.3, 0.4) is 0 Å². The van der Waals surface area contributed by atoms with E-state index in [0.717, 1.165) is 29.3 Å². The van der Waals surface area contributed by atoms with E-state index in [-0.39, 0.29) is 18.4 Å². The minimum atomic E-state index is -0.667. The smallest absolute Gasteiger partial charge is 0.129 e. The summed E-state index contributed by atoms with van der Waals surface area (Å²) in [6.45, 7) is 4.19. The van der Waals surface area contributed by atoms with E-state index in [1.807, 2.05) is 32.0 Å². The SMILES string of the molecule is Cc1ccc(C(N)COc2cc(F)cc(F)c2)cc1C. The molecule has 2 nitrogen and oxygen atoms in total. The van der Waals surface area contributed by atoms with E-state index in [1.54, 1.807) is 0 Å². The molecule has 106 valence electrons. The van der Waals surface area contributed by atoms with Crippen LogP contribution in [0.5, 0.6) is 5.75 Å². The molecule has 2 aromatic rings. The lowest BCUT2D eigenvalue weighted by Crippen LogP contribution is -2.19. The molecule has 2 N–H and O–H groups in total. The second-order valence-electron chi connectivity index (χ2n) is 4.87. The molecular formula is C16H17F2NO. The molecule has 0 amide bonds. The van der Waals surface area contributed by atoms with Crippen molar-refractivity contribution >= 4 is 0 Å². The van der Waals surface area contributed by atoms with E-state index in [9.17, 15) is 8.78 Å². The fourth-order valence-corrected chi connectivity index (χ4v) is 1.89. The third-order valence-corrected chi connectivity index (χ3v) is 3.22. The lowest BCUT2D eigenvalue weighted by molar-refractivity contribution is 0.288. The molecule has 1 atom stereocenters. The lowest BCUT2D eigenvalue weighted by atomic mass is 10.0. The molecular weight excluding hydrogens is 260 g/mol. The highest BCUT2D eigenvalue weighted by molar-refractivity contribution is 5.32. The van der Waals surface area contributed by atoms with Gasteiger partial charge in [-0.25, -0.2) is 8.78 Å². The maximum absolute atomic E-state index is 13.0. The Balaban J connectivity index is 2.04. The third-order valence-electron chi connectivity index (χ3n) is 3.22. The monoisotopic (exact) mass is 277 g/mol. The van der Waals surface area contributed by atoms with Gasteiger partial charge in [-0.1, -0.05) is 18.2 Å². The average molecular weight is 277 g/mol. The van der Waals surface area contributed by atoms with Gasteiger partial charge in [0.1, 0.15) is 24.0 Å². The summed E-state index contributed by atoms with van der Waals surface area (Å²) in [5.74, 6) is -1.19. The van der Waals surface area contributed by atoms with Gasteiger partial charge >= 0.3 is 0 Å². The molecule has 0 spiro atoms. The first-order valence-electron chi connectivity index (χ1n) is 6.37. The molecule has 0 aliphatic heterocycles. The van der Waals surface area contributed by atoms with Crippen molar-refractivity contribution in [2.24, 2.45) is 5.73 Å². The molecule has 20 heavy (non-hydrogen) atoms. The summed E-state index contributed by atoms with van der Waals surface area (Å²) >= 11 is 0. The summed E-state index contributed by atoms with van der Waals surface area (Å²) in [5.41, 5.74) is 9.30. The van der Waals surface area contributed by atoms with Gasteiger partial charge < -0.3 is 10.5 Å². The van der Waals surface area contributed by atoms with E-state index < -0.39 is 11.6 Å². The van der Waals surface area contributed by atoms with Crippen molar-refractivity contribution in [2.75, 3.05) is 6.61 Å². The Hall–Kier alpha value is -1.94. The second kappa shape index (κ2) is 6.01. The zero-order chi connectivity index (χ0) is 14.7. The predicted octanol–water partition coefficient (Wildman–Crippen LogP) is 3.66. The highest BCUT2D eigenvalue weighted by atomic mass is 19.1. The van der Waals surface area contributed by atoms with Crippen LogP contribution in [0.1, 0.15) is 22.7 Å². The quantitative estimate of drug-likeness (QED) is 0.925. The largest absolute Gasteiger partial charge is 0.491 e. The summed E-state index contributed by atoms with van der Waals surface area (Å²) in [4.78, 5) is 0. The highest BCUT2D eigenvalue weighted by Gasteiger charge is 2.09. The maximum Gasteiger partial charge on any atom is 0.129 e. The number of nitrogens with two attached hydrogens (primary N) is 1. The number of halogens is 2. The van der Waals surface area contributed by atoms with E-state index in [4.69, 9.17) is 10.5 Å². The predicted molar refractivity (Wildman–Crippen MR) is 74.7 cm³/mol. The fraction of sp³-hybridized carbons (Fsp3) is 0.250. The number of benzene rings is 2. The first-order valence-corrected chi connectivity index (χ1v) is 6.37. The van der Waals surface area contributed by atoms with Crippen LogP contribution in [0.4, 0.5) is 8.78 Å². The molecule has 0 aromatic heterocycles. The minimum absolute atomic E-state index is 0.141. The van der Waals surface area contributed by atoms with Crippen LogP contribution in [0, 0.1) is 25.5 Å². The van der Waals surface area contributed by atoms with Gasteiger partial charge in [-0.3, -0.25) is 0 Å². The van der Waals surface area contributed by atoms with Gasteiger partial charge in [0.2, 0.25) is 0 Å². The molecule has 0 bridgehead atoms. The number of hydrogen-bond acceptors (Lipinski definition) is 2. The van der Waals surface area contributed by atoms with Crippen molar-refractivity contribution in [3.8, 4) is 5.75 Å². The second-order valence-corrected chi connectivity index (χ2v) is 4.87. The van der Waals surface area contributed by atoms with Gasteiger partial charge in [0, 0.05) is 18.2 Å². The summed E-state index contributed by atoms with van der Waals surface area (Å²) in [6.07, 6.45) is 0. The number of ether oxygens (including phenoxy) is 1. The molecule has 1 unspecified atom stereocenters. The Morgan fingerprint density at radius 1 is 1.00 bits per heavy atom. The summed E-state index contributed by atoms with van der Waals surface area (Å²) in [5, 5.41) is 0. The molecule has 2 rings (SSSR count). The van der Waals surface area contributed by atoms with E-state index >= 15 is 0 Å². The van der Waals surface area contributed by atoms with Crippen molar-refractivity contribution in [1.29, 1.82) is 0 Å². The van der Waals surface area contributed by atoms with Gasteiger partial charge in [-0.05, 0) is 30.5 Å². The third kappa shape index (κ3) is 3.54. The van der Waals surface area contributed by atoms with Gasteiger partial charge in [-0.15, -0.1) is 0 Å². The van der Waals surface area contributed by atoms with Crippen LogP contribution in [-0.2, 0) is 0 Å². The van der Waals surface area contributed by atoms with Crippen LogP contribution in [0.2, 0.25) is 0 Å². The van der Waals surface area contributed by atoms with Crippen molar-refractivity contribution in [3.63, 3.8) is 0 Å². The van der Waals surface area contributed by atoms with Gasteiger partial charge in [0.05, 0.1) is 6.04 Å². The summed E-state index contributed by atoms with van der Waals surface area (Å²) in [7, 11) is 0. The van der Waals surface area contributed by atoms with Gasteiger partial charge in [-0.2, -0.15) is 0 Å². The normalized spacial score (nSPS) is 12.2.